The first-order chi connectivity index (χ1) is 7.31. The zero-order valence-corrected chi connectivity index (χ0v) is 10.5. The molecule has 16 heavy (non-hydrogen) atoms. The lowest BCUT2D eigenvalue weighted by molar-refractivity contribution is -0.00463. The van der Waals surface area contributed by atoms with Gasteiger partial charge in [0.05, 0.1) is 12.1 Å². The third kappa shape index (κ3) is 3.64. The monoisotopic (exact) mass is 230 g/mol. The Hall–Kier alpha value is -0.810. The second-order valence-corrected chi connectivity index (χ2v) is 5.22. The van der Waals surface area contributed by atoms with Crippen molar-refractivity contribution < 1.29 is 14.6 Å². The van der Waals surface area contributed by atoms with Crippen molar-refractivity contribution in [3.05, 3.63) is 0 Å². The average Bonchev–Trinajstić information content (AvgIpc) is 2.15. The Kier molecular flexibility index (Phi) is 4.15. The first kappa shape index (κ1) is 13.3. The molecule has 1 aliphatic rings. The maximum atomic E-state index is 11.8. The Bertz CT molecular complexity index is 250. The predicted octanol–water partition coefficient (Wildman–Crippen LogP) is 0.576. The van der Waals surface area contributed by atoms with Gasteiger partial charge in [-0.05, 0) is 33.7 Å². The molecule has 0 aromatic rings. The number of hydrogen-bond donors (Lipinski definition) is 2. The number of ether oxygens (including phenoxy) is 1. The summed E-state index contributed by atoms with van der Waals surface area (Å²) in [7, 11) is 1.67. The maximum absolute atomic E-state index is 11.8. The number of hydrogen-bond acceptors (Lipinski definition) is 4. The lowest BCUT2D eigenvalue weighted by Crippen LogP contribution is -2.54. The Morgan fingerprint density at radius 1 is 1.50 bits per heavy atom. The van der Waals surface area contributed by atoms with Crippen LogP contribution in [0, 0.1) is 0 Å². The van der Waals surface area contributed by atoms with Crippen molar-refractivity contribution in [2.75, 3.05) is 20.1 Å². The number of amides is 1. The van der Waals surface area contributed by atoms with Crippen molar-refractivity contribution in [3.63, 3.8) is 0 Å². The Balaban J connectivity index is 2.55. The normalized spacial score (nSPS) is 26.3. The second-order valence-electron chi connectivity index (χ2n) is 5.22. The summed E-state index contributed by atoms with van der Waals surface area (Å²) in [5.41, 5.74) is -0.497. The third-order valence-electron chi connectivity index (χ3n) is 2.59. The fourth-order valence-corrected chi connectivity index (χ4v) is 1.75. The molecule has 1 fully saturated rings. The summed E-state index contributed by atoms with van der Waals surface area (Å²) in [6, 6.07) is -0.156. The number of aliphatic hydroxyl groups excluding tert-OH is 1. The Labute approximate surface area is 96.8 Å². The van der Waals surface area contributed by atoms with Gasteiger partial charge in [0.1, 0.15) is 5.60 Å². The Morgan fingerprint density at radius 2 is 2.12 bits per heavy atom. The summed E-state index contributed by atoms with van der Waals surface area (Å²) in [6.45, 7) is 6.83. The first-order valence-electron chi connectivity index (χ1n) is 5.66. The zero-order valence-electron chi connectivity index (χ0n) is 10.5. The SMILES string of the molecule is CN(C(=O)OC(C)(C)C)[C@@H]1CCNC[C@@H]1O. The van der Waals surface area contributed by atoms with Crippen LogP contribution >= 0.6 is 0 Å². The minimum atomic E-state index is -0.522. The average molecular weight is 230 g/mol. The van der Waals surface area contributed by atoms with E-state index in [0.717, 1.165) is 13.0 Å². The van der Waals surface area contributed by atoms with Crippen LogP contribution in [0.25, 0.3) is 0 Å². The summed E-state index contributed by atoms with van der Waals surface area (Å²) in [5, 5.41) is 12.9. The van der Waals surface area contributed by atoms with Crippen LogP contribution in [0.3, 0.4) is 0 Å². The molecule has 2 atom stereocenters. The van der Waals surface area contributed by atoms with E-state index in [1.54, 1.807) is 7.05 Å². The highest BCUT2D eigenvalue weighted by molar-refractivity contribution is 5.68. The van der Waals surface area contributed by atoms with Crippen LogP contribution in [0.5, 0.6) is 0 Å². The molecule has 0 radical (unpaired) electrons. The van der Waals surface area contributed by atoms with Crippen molar-refractivity contribution in [1.82, 2.24) is 10.2 Å². The van der Waals surface area contributed by atoms with Crippen LogP contribution in [0.15, 0.2) is 0 Å². The number of rotatable bonds is 1. The summed E-state index contributed by atoms with van der Waals surface area (Å²) < 4.78 is 5.26. The molecular weight excluding hydrogens is 208 g/mol. The van der Waals surface area contributed by atoms with Gasteiger partial charge in [-0.3, -0.25) is 0 Å². The maximum Gasteiger partial charge on any atom is 0.410 e. The van der Waals surface area contributed by atoms with E-state index >= 15 is 0 Å². The van der Waals surface area contributed by atoms with Gasteiger partial charge in [0.15, 0.2) is 0 Å². The van der Waals surface area contributed by atoms with Gasteiger partial charge in [-0.25, -0.2) is 4.79 Å². The first-order valence-corrected chi connectivity index (χ1v) is 5.66. The highest BCUT2D eigenvalue weighted by Crippen LogP contribution is 2.15. The van der Waals surface area contributed by atoms with Crippen molar-refractivity contribution in [2.24, 2.45) is 0 Å². The number of likely N-dealkylation sites (N-methyl/N-ethyl adjacent to an activating group) is 1. The molecule has 5 nitrogen and oxygen atoms in total. The number of nitrogens with one attached hydrogen (secondary N) is 1. The van der Waals surface area contributed by atoms with Crippen LogP contribution in [0.2, 0.25) is 0 Å². The van der Waals surface area contributed by atoms with E-state index in [4.69, 9.17) is 4.74 Å². The fraction of sp³-hybridized carbons (Fsp3) is 0.909. The molecule has 0 unspecified atom stereocenters. The highest BCUT2D eigenvalue weighted by atomic mass is 16.6. The van der Waals surface area contributed by atoms with Crippen LogP contribution < -0.4 is 5.32 Å². The molecule has 2 N–H and O–H groups in total. The molecule has 0 aliphatic carbocycles. The van der Waals surface area contributed by atoms with Gasteiger partial charge in [-0.1, -0.05) is 0 Å². The van der Waals surface area contributed by atoms with E-state index in [-0.39, 0.29) is 12.1 Å². The van der Waals surface area contributed by atoms with Crippen LogP contribution in [0.4, 0.5) is 4.79 Å². The number of β-amino-alcohol motifs (C(OH)–C–C–N with tert-alkyl or cyclic N) is 1. The number of nitrogens with zero attached hydrogens (tertiary/aromatic N) is 1. The van der Waals surface area contributed by atoms with Gasteiger partial charge >= 0.3 is 6.09 Å². The molecule has 94 valence electrons. The molecule has 1 heterocycles. The van der Waals surface area contributed by atoms with Crippen molar-refractivity contribution in [3.8, 4) is 0 Å². The molecule has 1 rings (SSSR count). The smallest absolute Gasteiger partial charge is 0.410 e. The van der Waals surface area contributed by atoms with E-state index in [0.29, 0.717) is 6.54 Å². The van der Waals surface area contributed by atoms with Crippen molar-refractivity contribution >= 4 is 6.09 Å². The minimum Gasteiger partial charge on any atom is -0.444 e. The minimum absolute atomic E-state index is 0.156. The molecule has 0 saturated carbocycles. The van der Waals surface area contributed by atoms with Gasteiger partial charge in [-0.2, -0.15) is 0 Å². The van der Waals surface area contributed by atoms with Gasteiger partial charge < -0.3 is 20.1 Å². The summed E-state index contributed by atoms with van der Waals surface area (Å²) in [4.78, 5) is 13.3. The van der Waals surface area contributed by atoms with Crippen LogP contribution in [-0.2, 0) is 4.74 Å². The highest BCUT2D eigenvalue weighted by Gasteiger charge is 2.31. The van der Waals surface area contributed by atoms with Gasteiger partial charge in [0, 0.05) is 13.6 Å². The van der Waals surface area contributed by atoms with E-state index in [1.165, 1.54) is 4.90 Å². The fourth-order valence-electron chi connectivity index (χ4n) is 1.75. The quantitative estimate of drug-likeness (QED) is 0.691. The summed E-state index contributed by atoms with van der Waals surface area (Å²) in [6.07, 6.45) is -0.151. The molecule has 0 spiro atoms. The molecule has 1 aliphatic heterocycles. The van der Waals surface area contributed by atoms with E-state index < -0.39 is 11.7 Å². The van der Waals surface area contributed by atoms with Gasteiger partial charge in [-0.15, -0.1) is 0 Å². The largest absolute Gasteiger partial charge is 0.444 e. The van der Waals surface area contributed by atoms with Crippen LogP contribution in [0.1, 0.15) is 27.2 Å². The zero-order chi connectivity index (χ0) is 12.3. The van der Waals surface area contributed by atoms with Crippen LogP contribution in [-0.4, -0.2) is 54.0 Å². The molecule has 0 aromatic heterocycles. The molecule has 0 aromatic carbocycles. The third-order valence-corrected chi connectivity index (χ3v) is 2.59. The molecule has 1 amide bonds. The summed E-state index contributed by atoms with van der Waals surface area (Å²) >= 11 is 0. The summed E-state index contributed by atoms with van der Waals surface area (Å²) in [5.74, 6) is 0. The van der Waals surface area contributed by atoms with E-state index in [9.17, 15) is 9.90 Å². The molecule has 5 heteroatoms. The standard InChI is InChI=1S/C11H22N2O3/c1-11(2,3)16-10(15)13(4)8-5-6-12-7-9(8)14/h8-9,12,14H,5-7H2,1-4H3/t8-,9+/m1/s1. The topological polar surface area (TPSA) is 61.8 Å². The lowest BCUT2D eigenvalue weighted by Gasteiger charge is -2.36. The van der Waals surface area contributed by atoms with Gasteiger partial charge in [0.25, 0.3) is 0 Å². The van der Waals surface area contributed by atoms with Crippen molar-refractivity contribution in [1.29, 1.82) is 0 Å². The van der Waals surface area contributed by atoms with Gasteiger partial charge in [0.2, 0.25) is 0 Å². The molecule has 0 bridgehead atoms. The second kappa shape index (κ2) is 5.01. The number of piperidine rings is 1. The van der Waals surface area contributed by atoms with E-state index in [2.05, 4.69) is 5.32 Å². The van der Waals surface area contributed by atoms with E-state index in [1.807, 2.05) is 20.8 Å². The Morgan fingerprint density at radius 3 is 2.62 bits per heavy atom. The lowest BCUT2D eigenvalue weighted by atomic mass is 10.0. The number of aliphatic hydroxyl groups is 1. The van der Waals surface area contributed by atoms with Crippen molar-refractivity contribution in [2.45, 2.75) is 44.9 Å². The number of carbonyl (C=O) groups excluding carboxylic acids is 1. The molecular formula is C11H22N2O3. The number of carbonyl (C=O) groups is 1. The molecule has 1 saturated heterocycles. The predicted molar refractivity (Wildman–Crippen MR) is 61.3 cm³/mol.